The van der Waals surface area contributed by atoms with Gasteiger partial charge >= 0.3 is 7.12 Å². The molecule has 1 unspecified atom stereocenters. The van der Waals surface area contributed by atoms with Crippen LogP contribution in [0.4, 0.5) is 0 Å². The Morgan fingerprint density at radius 1 is 1.33 bits per heavy atom. The quantitative estimate of drug-likeness (QED) is 0.427. The average molecular weight is 373 g/mol. The third kappa shape index (κ3) is 5.47. The lowest BCUT2D eigenvalue weighted by Gasteiger charge is -2.31. The van der Waals surface area contributed by atoms with Crippen LogP contribution in [-0.2, 0) is 11.2 Å². The second-order valence-corrected chi connectivity index (χ2v) is 7.97. The van der Waals surface area contributed by atoms with Gasteiger partial charge in [-0.2, -0.15) is 0 Å². The van der Waals surface area contributed by atoms with Gasteiger partial charge in [-0.1, -0.05) is 18.2 Å². The van der Waals surface area contributed by atoms with Crippen molar-refractivity contribution in [1.29, 1.82) is 0 Å². The number of nitrogens with one attached hydrogen (secondary N) is 2. The van der Waals surface area contributed by atoms with Crippen molar-refractivity contribution in [1.82, 2.24) is 10.6 Å². The number of nitrogens with two attached hydrogens (primary N) is 1. The van der Waals surface area contributed by atoms with Gasteiger partial charge in [0.05, 0.1) is 5.94 Å². The van der Waals surface area contributed by atoms with Gasteiger partial charge in [-0.05, 0) is 75.6 Å². The molecule has 0 aromatic heterocycles. The fourth-order valence-electron chi connectivity index (χ4n) is 4.21. The molecule has 1 aromatic carbocycles. The molecule has 1 aliphatic carbocycles. The van der Waals surface area contributed by atoms with E-state index in [0.717, 1.165) is 62.1 Å². The number of benzene rings is 1. The normalized spacial score (nSPS) is 24.9. The zero-order chi connectivity index (χ0) is 19.2. The Kier molecular flexibility index (Phi) is 7.16. The van der Waals surface area contributed by atoms with Crippen molar-refractivity contribution in [2.75, 3.05) is 13.1 Å². The highest BCUT2D eigenvalue weighted by Gasteiger charge is 2.36. The molecule has 27 heavy (non-hydrogen) atoms. The number of hydrogen-bond acceptors (Lipinski definition) is 5. The monoisotopic (exact) mass is 373 g/mol. The van der Waals surface area contributed by atoms with Crippen molar-refractivity contribution in [2.45, 2.75) is 63.9 Å². The van der Waals surface area contributed by atoms with Crippen molar-refractivity contribution >= 4 is 13.0 Å². The first-order valence-corrected chi connectivity index (χ1v) is 10.2. The van der Waals surface area contributed by atoms with Crippen molar-refractivity contribution in [3.05, 3.63) is 29.3 Å². The lowest BCUT2D eigenvalue weighted by atomic mass is 9.72. The molecule has 0 saturated heterocycles. The maximum absolute atomic E-state index is 12.5. The maximum atomic E-state index is 12.5. The predicted molar refractivity (Wildman–Crippen MR) is 107 cm³/mol. The molecule has 0 radical (unpaired) electrons. The number of carbonyl (C=O) groups excluding carboxylic acids is 1. The number of fused-ring (bicyclic) bond motifs is 1. The molecule has 1 atom stereocenters. The average Bonchev–Trinajstić information content (AvgIpc) is 2.65. The summed E-state index contributed by atoms with van der Waals surface area (Å²) in [6, 6.07) is 6.50. The van der Waals surface area contributed by atoms with Crippen LogP contribution in [0.1, 0.15) is 49.7 Å². The van der Waals surface area contributed by atoms with Gasteiger partial charge in [0.25, 0.3) is 0 Å². The van der Waals surface area contributed by atoms with E-state index in [2.05, 4.69) is 10.6 Å². The van der Waals surface area contributed by atoms with Crippen LogP contribution < -0.4 is 21.0 Å². The second kappa shape index (κ2) is 9.58. The zero-order valence-electron chi connectivity index (χ0n) is 16.2. The highest BCUT2D eigenvalue weighted by atomic mass is 16.5. The Morgan fingerprint density at radius 3 is 2.85 bits per heavy atom. The first-order chi connectivity index (χ1) is 13.1. The summed E-state index contributed by atoms with van der Waals surface area (Å²) in [7, 11) is -0.995. The predicted octanol–water partition coefficient (Wildman–Crippen LogP) is 1.32. The van der Waals surface area contributed by atoms with Gasteiger partial charge in [-0.15, -0.1) is 0 Å². The van der Waals surface area contributed by atoms with Gasteiger partial charge in [0.15, 0.2) is 0 Å². The van der Waals surface area contributed by atoms with E-state index in [1.165, 1.54) is 0 Å². The molecule has 1 saturated carbocycles. The number of hydrogen-bond donors (Lipinski definition) is 4. The molecular formula is C20H32BN3O3. The van der Waals surface area contributed by atoms with Gasteiger partial charge < -0.3 is 26.0 Å². The Bertz CT molecular complexity index is 635. The van der Waals surface area contributed by atoms with Crippen LogP contribution in [0.25, 0.3) is 0 Å². The smallest absolute Gasteiger partial charge is 0.534 e. The maximum Gasteiger partial charge on any atom is 0.547 e. The van der Waals surface area contributed by atoms with E-state index in [4.69, 9.17) is 10.4 Å². The number of aryl methyl sites for hydroxylation is 1. The fraction of sp³-hybridized carbons (Fsp3) is 0.650. The molecule has 1 fully saturated rings. The standard InChI is InChI=1S/C20H32BN3O3/c1-14-4-2-5-16-13-18(21(26)27-20(14)16)24-19(25)12-15-6-8-17(9-7-15)23-11-3-10-22/h2,4-5,15,17-18,23,26H,3,6-13,22H2,1H3,(H,24,25). The molecular weight excluding hydrogens is 341 g/mol. The van der Waals surface area contributed by atoms with E-state index < -0.39 is 7.12 Å². The molecule has 5 N–H and O–H groups in total. The van der Waals surface area contributed by atoms with Crippen LogP contribution in [0.15, 0.2) is 18.2 Å². The molecule has 1 amide bonds. The van der Waals surface area contributed by atoms with Gasteiger partial charge in [-0.3, -0.25) is 4.79 Å². The number of rotatable bonds is 7. The first kappa shape index (κ1) is 20.2. The molecule has 1 heterocycles. The summed E-state index contributed by atoms with van der Waals surface area (Å²) >= 11 is 0. The molecule has 3 rings (SSSR count). The molecule has 0 bridgehead atoms. The fourth-order valence-corrected chi connectivity index (χ4v) is 4.21. The highest BCUT2D eigenvalue weighted by Crippen LogP contribution is 2.30. The van der Waals surface area contributed by atoms with Crippen molar-refractivity contribution in [2.24, 2.45) is 11.7 Å². The Morgan fingerprint density at radius 2 is 2.11 bits per heavy atom. The Hall–Kier alpha value is -1.57. The van der Waals surface area contributed by atoms with Crippen molar-refractivity contribution in [3.8, 4) is 5.75 Å². The van der Waals surface area contributed by atoms with E-state index in [1.54, 1.807) is 0 Å². The molecule has 7 heteroatoms. The third-order valence-corrected chi connectivity index (χ3v) is 5.80. The van der Waals surface area contributed by atoms with Gasteiger partial charge in [0.1, 0.15) is 5.75 Å². The number of para-hydroxylation sites is 1. The minimum Gasteiger partial charge on any atom is -0.534 e. The molecule has 0 spiro atoms. The minimum atomic E-state index is -0.995. The van der Waals surface area contributed by atoms with E-state index in [0.29, 0.717) is 24.8 Å². The number of carbonyl (C=O) groups is 1. The summed E-state index contributed by atoms with van der Waals surface area (Å²) in [6.07, 6.45) is 6.51. The molecule has 6 nitrogen and oxygen atoms in total. The van der Waals surface area contributed by atoms with E-state index in [9.17, 15) is 9.82 Å². The summed E-state index contributed by atoms with van der Waals surface area (Å²) in [5.41, 5.74) is 7.57. The number of amides is 1. The first-order valence-electron chi connectivity index (χ1n) is 10.2. The minimum absolute atomic E-state index is 0.0123. The summed E-state index contributed by atoms with van der Waals surface area (Å²) in [5.74, 6) is 0.795. The molecule has 148 valence electrons. The second-order valence-electron chi connectivity index (χ2n) is 7.97. The van der Waals surface area contributed by atoms with Crippen LogP contribution in [0.3, 0.4) is 0 Å². The van der Waals surface area contributed by atoms with Crippen LogP contribution >= 0.6 is 0 Å². The van der Waals surface area contributed by atoms with E-state index in [1.807, 2.05) is 25.1 Å². The lowest BCUT2D eigenvalue weighted by Crippen LogP contribution is -2.53. The van der Waals surface area contributed by atoms with Crippen LogP contribution in [0.2, 0.25) is 0 Å². The molecule has 1 aliphatic heterocycles. The summed E-state index contributed by atoms with van der Waals surface area (Å²) < 4.78 is 5.65. The van der Waals surface area contributed by atoms with E-state index >= 15 is 0 Å². The van der Waals surface area contributed by atoms with Gasteiger partial charge in [0, 0.05) is 12.5 Å². The van der Waals surface area contributed by atoms with Gasteiger partial charge in [0.2, 0.25) is 5.91 Å². The van der Waals surface area contributed by atoms with Gasteiger partial charge in [-0.25, -0.2) is 0 Å². The molecule has 1 aromatic rings. The Labute approximate surface area is 162 Å². The summed E-state index contributed by atoms with van der Waals surface area (Å²) in [6.45, 7) is 3.67. The van der Waals surface area contributed by atoms with Crippen molar-refractivity contribution in [3.63, 3.8) is 0 Å². The lowest BCUT2D eigenvalue weighted by molar-refractivity contribution is -0.122. The summed E-state index contributed by atoms with van der Waals surface area (Å²) in [5, 5.41) is 16.8. The zero-order valence-corrected chi connectivity index (χ0v) is 16.2. The van der Waals surface area contributed by atoms with Crippen LogP contribution in [0, 0.1) is 12.8 Å². The van der Waals surface area contributed by atoms with Crippen LogP contribution in [0.5, 0.6) is 5.75 Å². The largest absolute Gasteiger partial charge is 0.547 e. The third-order valence-electron chi connectivity index (χ3n) is 5.80. The SMILES string of the molecule is Cc1cccc2c1OB(O)C(NC(=O)CC1CCC(NCCCN)CC1)C2. The molecule has 2 aliphatic rings. The van der Waals surface area contributed by atoms with Crippen LogP contribution in [-0.4, -0.2) is 43.1 Å². The topological polar surface area (TPSA) is 96.6 Å². The Balaban J connectivity index is 1.43. The van der Waals surface area contributed by atoms with E-state index in [-0.39, 0.29) is 11.8 Å². The summed E-state index contributed by atoms with van der Waals surface area (Å²) in [4.78, 5) is 12.5. The highest BCUT2D eigenvalue weighted by molar-refractivity contribution is 6.46. The van der Waals surface area contributed by atoms with Crippen molar-refractivity contribution < 1.29 is 14.5 Å².